The molecule has 0 spiro atoms. The van der Waals surface area contributed by atoms with Crippen molar-refractivity contribution in [2.24, 2.45) is 0 Å². The quantitative estimate of drug-likeness (QED) is 0.612. The second kappa shape index (κ2) is 7.30. The zero-order valence-corrected chi connectivity index (χ0v) is 16.5. The molecule has 1 aliphatic heterocycles. The number of pyridine rings is 1. The molecule has 1 fully saturated rings. The molecular formula is C22H23F2N3O3. The Balaban J connectivity index is 1.46. The number of rotatable bonds is 3. The summed E-state index contributed by atoms with van der Waals surface area (Å²) < 4.78 is 36.1. The van der Waals surface area contributed by atoms with Gasteiger partial charge in [0.2, 0.25) is 0 Å². The van der Waals surface area contributed by atoms with Gasteiger partial charge in [0.15, 0.2) is 11.6 Å². The van der Waals surface area contributed by atoms with Gasteiger partial charge >= 0.3 is 0 Å². The van der Waals surface area contributed by atoms with Gasteiger partial charge in [0, 0.05) is 47.9 Å². The molecule has 3 aromatic rings. The van der Waals surface area contributed by atoms with Crippen molar-refractivity contribution in [3.8, 4) is 5.75 Å². The van der Waals surface area contributed by atoms with Crippen molar-refractivity contribution < 1.29 is 23.7 Å². The third kappa shape index (κ3) is 2.98. The minimum atomic E-state index is -1.17. The highest BCUT2D eigenvalue weighted by atomic mass is 19.2. The molecule has 5 rings (SSSR count). The maximum atomic E-state index is 14.2. The summed E-state index contributed by atoms with van der Waals surface area (Å²) in [7, 11) is 0. The van der Waals surface area contributed by atoms with Gasteiger partial charge in [-0.1, -0.05) is 0 Å². The van der Waals surface area contributed by atoms with Gasteiger partial charge in [-0.25, -0.2) is 13.8 Å². The maximum Gasteiger partial charge on any atom is 0.162 e. The number of benzene rings is 1. The van der Waals surface area contributed by atoms with Crippen LogP contribution in [0.2, 0.25) is 0 Å². The lowest BCUT2D eigenvalue weighted by Crippen LogP contribution is -2.35. The van der Waals surface area contributed by atoms with Crippen molar-refractivity contribution in [2.75, 3.05) is 6.54 Å². The molecule has 2 aromatic heterocycles. The minimum Gasteiger partial charge on any atom is -0.487 e. The van der Waals surface area contributed by atoms with Gasteiger partial charge in [0.05, 0.1) is 6.04 Å². The number of hydrogen-bond acceptors (Lipinski definition) is 5. The van der Waals surface area contributed by atoms with E-state index in [1.807, 2.05) is 29.8 Å². The van der Waals surface area contributed by atoms with Crippen LogP contribution in [0.1, 0.15) is 29.2 Å². The molecule has 1 aliphatic carbocycles. The summed E-state index contributed by atoms with van der Waals surface area (Å²) in [6.07, 6.45) is 1.22. The lowest BCUT2D eigenvalue weighted by Gasteiger charge is -2.25. The zero-order valence-electron chi connectivity index (χ0n) is 16.5. The standard InChI is InChI=1S/C22H23F2N3O3/c1-11-2-6-26-22-12(11)4-7-27(22)16-9-18(21(29)20(16)28)30-17-8-15(23)19(24)13-3-5-25-10-14(13)17/h2,4,6-8,16,18,20-21,25,28-29H,3,5,9-10H2,1H3/t16?,18?,20-,21+/m0/s1. The fourth-order valence-electron chi connectivity index (χ4n) is 4.66. The van der Waals surface area contributed by atoms with Gasteiger partial charge in [-0.05, 0) is 37.6 Å². The number of aryl methyl sites for hydroxylation is 1. The fraction of sp³-hybridized carbons (Fsp3) is 0.409. The van der Waals surface area contributed by atoms with Crippen LogP contribution in [-0.2, 0) is 13.0 Å². The molecule has 0 bridgehead atoms. The van der Waals surface area contributed by atoms with Gasteiger partial charge in [-0.3, -0.25) is 0 Å². The van der Waals surface area contributed by atoms with Crippen molar-refractivity contribution >= 4 is 11.0 Å². The summed E-state index contributed by atoms with van der Waals surface area (Å²) in [5, 5.41) is 25.5. The monoisotopic (exact) mass is 415 g/mol. The summed E-state index contributed by atoms with van der Waals surface area (Å²) in [6.45, 7) is 2.91. The minimum absolute atomic E-state index is 0.208. The number of ether oxygens (including phenoxy) is 1. The van der Waals surface area contributed by atoms with Crippen LogP contribution >= 0.6 is 0 Å². The van der Waals surface area contributed by atoms with E-state index in [0.29, 0.717) is 37.1 Å². The number of nitrogens with one attached hydrogen (secondary N) is 1. The summed E-state index contributed by atoms with van der Waals surface area (Å²) in [5.74, 6) is -1.60. The molecule has 158 valence electrons. The SMILES string of the molecule is Cc1ccnc2c1ccn2C1CC(Oc2cc(F)c(F)c3c2CNCC3)[C@@H](O)[C@H]1O. The third-order valence-electron chi connectivity index (χ3n) is 6.32. The molecule has 0 amide bonds. The fourth-order valence-corrected chi connectivity index (χ4v) is 4.66. The van der Waals surface area contributed by atoms with Crippen molar-refractivity contribution in [2.45, 2.75) is 50.7 Å². The molecular weight excluding hydrogens is 392 g/mol. The van der Waals surface area contributed by atoms with Gasteiger partial charge in [-0.2, -0.15) is 0 Å². The van der Waals surface area contributed by atoms with E-state index in [1.165, 1.54) is 0 Å². The van der Waals surface area contributed by atoms with E-state index in [-0.39, 0.29) is 5.75 Å². The van der Waals surface area contributed by atoms with Gasteiger partial charge < -0.3 is 24.8 Å². The van der Waals surface area contributed by atoms with E-state index >= 15 is 0 Å². The molecule has 0 saturated heterocycles. The van der Waals surface area contributed by atoms with Crippen molar-refractivity contribution in [1.29, 1.82) is 0 Å². The molecule has 2 unspecified atom stereocenters. The average Bonchev–Trinajstić information content (AvgIpc) is 3.29. The zero-order chi connectivity index (χ0) is 21.0. The average molecular weight is 415 g/mol. The first kappa shape index (κ1) is 19.4. The van der Waals surface area contributed by atoms with Crippen LogP contribution in [-0.4, -0.2) is 44.6 Å². The van der Waals surface area contributed by atoms with E-state index in [2.05, 4.69) is 10.3 Å². The second-order valence-corrected chi connectivity index (χ2v) is 8.08. The van der Waals surface area contributed by atoms with Gasteiger partial charge in [0.25, 0.3) is 0 Å². The van der Waals surface area contributed by atoms with Crippen LogP contribution in [0.25, 0.3) is 11.0 Å². The van der Waals surface area contributed by atoms with Crippen LogP contribution in [0, 0.1) is 18.6 Å². The molecule has 3 N–H and O–H groups in total. The molecule has 1 saturated carbocycles. The summed E-state index contributed by atoms with van der Waals surface area (Å²) >= 11 is 0. The van der Waals surface area contributed by atoms with Crippen LogP contribution < -0.4 is 10.1 Å². The van der Waals surface area contributed by atoms with Crippen LogP contribution in [0.4, 0.5) is 8.78 Å². The second-order valence-electron chi connectivity index (χ2n) is 8.08. The van der Waals surface area contributed by atoms with Crippen molar-refractivity contribution in [1.82, 2.24) is 14.9 Å². The van der Waals surface area contributed by atoms with Gasteiger partial charge in [-0.15, -0.1) is 0 Å². The Morgan fingerprint density at radius 1 is 1.20 bits per heavy atom. The van der Waals surface area contributed by atoms with Crippen LogP contribution in [0.3, 0.4) is 0 Å². The van der Waals surface area contributed by atoms with Crippen molar-refractivity contribution in [3.05, 3.63) is 58.9 Å². The number of aliphatic hydroxyl groups is 2. The Morgan fingerprint density at radius 2 is 2.03 bits per heavy atom. The molecule has 2 aliphatic rings. The Bertz CT molecular complexity index is 1120. The van der Waals surface area contributed by atoms with Gasteiger partial charge in [0.1, 0.15) is 29.7 Å². The Kier molecular flexibility index (Phi) is 4.72. The smallest absolute Gasteiger partial charge is 0.162 e. The predicted octanol–water partition coefficient (Wildman–Crippen LogP) is 2.38. The Morgan fingerprint density at radius 3 is 2.87 bits per heavy atom. The lowest BCUT2D eigenvalue weighted by molar-refractivity contribution is -0.0167. The van der Waals surface area contributed by atoms with E-state index in [1.54, 1.807) is 6.20 Å². The molecule has 4 atom stereocenters. The molecule has 3 heterocycles. The summed E-state index contributed by atoms with van der Waals surface area (Å²) in [4.78, 5) is 4.42. The first-order chi connectivity index (χ1) is 14.5. The Hall–Kier alpha value is -2.55. The number of aliphatic hydroxyl groups excluding tert-OH is 2. The molecule has 0 radical (unpaired) electrons. The lowest BCUT2D eigenvalue weighted by atomic mass is 9.99. The highest BCUT2D eigenvalue weighted by Crippen LogP contribution is 2.38. The molecule has 8 heteroatoms. The Labute approximate surface area is 172 Å². The number of fused-ring (bicyclic) bond motifs is 2. The maximum absolute atomic E-state index is 14.2. The highest BCUT2D eigenvalue weighted by molar-refractivity contribution is 5.79. The van der Waals surface area contributed by atoms with E-state index in [0.717, 1.165) is 22.7 Å². The van der Waals surface area contributed by atoms with E-state index in [4.69, 9.17) is 4.74 Å². The highest BCUT2D eigenvalue weighted by Gasteiger charge is 2.44. The van der Waals surface area contributed by atoms with Crippen molar-refractivity contribution in [3.63, 3.8) is 0 Å². The first-order valence-corrected chi connectivity index (χ1v) is 10.1. The molecule has 6 nitrogen and oxygen atoms in total. The molecule has 1 aromatic carbocycles. The van der Waals surface area contributed by atoms with Crippen LogP contribution in [0.5, 0.6) is 5.75 Å². The number of nitrogens with zero attached hydrogens (tertiary/aromatic N) is 2. The predicted molar refractivity (Wildman–Crippen MR) is 106 cm³/mol. The molecule has 30 heavy (non-hydrogen) atoms. The topological polar surface area (TPSA) is 79.5 Å². The third-order valence-corrected chi connectivity index (χ3v) is 6.32. The summed E-state index contributed by atoms with van der Waals surface area (Å²) in [6, 6.07) is 4.43. The van der Waals surface area contributed by atoms with Crippen LogP contribution in [0.15, 0.2) is 30.6 Å². The largest absolute Gasteiger partial charge is 0.487 e. The van der Waals surface area contributed by atoms with E-state index < -0.39 is 36.0 Å². The normalized spacial score (nSPS) is 26.2. The number of hydrogen-bond donors (Lipinski definition) is 3. The summed E-state index contributed by atoms with van der Waals surface area (Å²) in [5.41, 5.74) is 2.67. The number of halogens is 2. The van der Waals surface area contributed by atoms with E-state index in [9.17, 15) is 19.0 Å². The number of aromatic nitrogens is 2. The first-order valence-electron chi connectivity index (χ1n) is 10.1.